The minimum Gasteiger partial charge on any atom is -0.508 e. The Labute approximate surface area is 129 Å². The van der Waals surface area contributed by atoms with E-state index < -0.39 is 17.0 Å². The second kappa shape index (κ2) is 5.65. The van der Waals surface area contributed by atoms with Crippen molar-refractivity contribution in [3.8, 4) is 5.75 Å². The number of thioether (sulfide) groups is 1. The molecule has 6 heteroatoms. The van der Waals surface area contributed by atoms with Gasteiger partial charge in [0.05, 0.1) is 10.6 Å². The summed E-state index contributed by atoms with van der Waals surface area (Å²) in [5, 5.41) is 9.01. The molecule has 1 aliphatic rings. The number of amides is 2. The van der Waals surface area contributed by atoms with Gasteiger partial charge in [-0.15, -0.1) is 0 Å². The summed E-state index contributed by atoms with van der Waals surface area (Å²) in [6.07, 6.45) is 1.47. The Morgan fingerprint density at radius 1 is 1.09 bits per heavy atom. The third-order valence-electron chi connectivity index (χ3n) is 3.03. The average molecular weight is 315 g/mol. The highest BCUT2D eigenvalue weighted by Gasteiger charge is 2.36. The first kappa shape index (κ1) is 14.3. The zero-order valence-corrected chi connectivity index (χ0v) is 12.0. The number of imide groups is 1. The summed E-state index contributed by atoms with van der Waals surface area (Å²) in [7, 11) is 0. The van der Waals surface area contributed by atoms with Gasteiger partial charge in [-0.05, 0) is 47.7 Å². The molecule has 0 aliphatic carbocycles. The number of phenolic OH excluding ortho intramolecular Hbond substituents is 1. The number of nitrogens with zero attached hydrogens (tertiary/aromatic N) is 1. The molecule has 0 saturated carbocycles. The second-order valence-corrected chi connectivity index (χ2v) is 5.59. The molecule has 0 spiro atoms. The number of carbonyl (C=O) groups excluding carboxylic acids is 2. The number of rotatable bonds is 2. The van der Waals surface area contributed by atoms with Crippen molar-refractivity contribution < 1.29 is 19.1 Å². The van der Waals surface area contributed by atoms with Crippen LogP contribution >= 0.6 is 11.8 Å². The molecule has 1 fully saturated rings. The molecule has 3 rings (SSSR count). The first-order chi connectivity index (χ1) is 10.5. The number of benzene rings is 2. The molecule has 1 saturated heterocycles. The minimum atomic E-state index is -0.495. The Bertz CT molecular complexity index is 803. The standard InChI is InChI=1S/C16H10FNO3S/c17-11-4-1-3-10(7-11)8-14-15(20)18(16(21)22-14)12-5-2-6-13(19)9-12/h1-9,19H. The highest BCUT2D eigenvalue weighted by atomic mass is 32.2. The van der Waals surface area contributed by atoms with Crippen molar-refractivity contribution in [2.45, 2.75) is 0 Å². The number of hydrogen-bond acceptors (Lipinski definition) is 4. The van der Waals surface area contributed by atoms with Gasteiger partial charge in [-0.1, -0.05) is 18.2 Å². The van der Waals surface area contributed by atoms with Gasteiger partial charge in [0.2, 0.25) is 0 Å². The molecule has 2 amide bonds. The summed E-state index contributed by atoms with van der Waals surface area (Å²) in [5.41, 5.74) is 0.798. The van der Waals surface area contributed by atoms with Crippen LogP contribution in [-0.2, 0) is 4.79 Å². The third kappa shape index (κ3) is 2.73. The first-order valence-electron chi connectivity index (χ1n) is 6.37. The average Bonchev–Trinajstić information content (AvgIpc) is 2.73. The van der Waals surface area contributed by atoms with E-state index in [2.05, 4.69) is 0 Å². The second-order valence-electron chi connectivity index (χ2n) is 4.59. The lowest BCUT2D eigenvalue weighted by Crippen LogP contribution is -2.27. The molecule has 0 aromatic heterocycles. The smallest absolute Gasteiger partial charge is 0.298 e. The molecule has 110 valence electrons. The van der Waals surface area contributed by atoms with Crippen molar-refractivity contribution in [3.05, 3.63) is 64.8 Å². The maximum Gasteiger partial charge on any atom is 0.298 e. The molecule has 2 aromatic rings. The molecule has 1 heterocycles. The number of phenols is 1. The van der Waals surface area contributed by atoms with Gasteiger partial charge in [-0.3, -0.25) is 9.59 Å². The molecule has 4 nitrogen and oxygen atoms in total. The Balaban J connectivity index is 1.95. The van der Waals surface area contributed by atoms with Gasteiger partial charge < -0.3 is 5.11 Å². The Hall–Kier alpha value is -2.60. The van der Waals surface area contributed by atoms with Gasteiger partial charge in [0.1, 0.15) is 11.6 Å². The van der Waals surface area contributed by atoms with Crippen LogP contribution < -0.4 is 4.90 Å². The van der Waals surface area contributed by atoms with E-state index in [1.807, 2.05) is 0 Å². The fourth-order valence-corrected chi connectivity index (χ4v) is 2.91. The van der Waals surface area contributed by atoms with E-state index in [0.29, 0.717) is 11.3 Å². The van der Waals surface area contributed by atoms with Gasteiger partial charge in [0.25, 0.3) is 11.1 Å². The molecule has 0 radical (unpaired) electrons. The monoisotopic (exact) mass is 315 g/mol. The van der Waals surface area contributed by atoms with E-state index in [0.717, 1.165) is 16.7 Å². The van der Waals surface area contributed by atoms with Crippen LogP contribution in [0.4, 0.5) is 14.9 Å². The SMILES string of the molecule is O=C1SC(=Cc2cccc(F)c2)C(=O)N1c1cccc(O)c1. The molecule has 22 heavy (non-hydrogen) atoms. The van der Waals surface area contributed by atoms with Gasteiger partial charge in [0.15, 0.2) is 0 Å². The quantitative estimate of drug-likeness (QED) is 0.857. The van der Waals surface area contributed by atoms with E-state index in [1.165, 1.54) is 36.4 Å². The summed E-state index contributed by atoms with van der Waals surface area (Å²) in [4.78, 5) is 25.6. The largest absolute Gasteiger partial charge is 0.508 e. The summed E-state index contributed by atoms with van der Waals surface area (Å²) in [5.74, 6) is -0.948. The highest BCUT2D eigenvalue weighted by molar-refractivity contribution is 8.19. The van der Waals surface area contributed by atoms with Gasteiger partial charge in [-0.25, -0.2) is 9.29 Å². The van der Waals surface area contributed by atoms with Crippen molar-refractivity contribution in [1.29, 1.82) is 0 Å². The topological polar surface area (TPSA) is 57.6 Å². The van der Waals surface area contributed by atoms with E-state index in [9.17, 15) is 19.1 Å². The molecule has 0 bridgehead atoms. The zero-order valence-electron chi connectivity index (χ0n) is 11.2. The Morgan fingerprint density at radius 2 is 1.86 bits per heavy atom. The lowest BCUT2D eigenvalue weighted by Gasteiger charge is -2.12. The maximum atomic E-state index is 13.2. The number of halogens is 1. The lowest BCUT2D eigenvalue weighted by atomic mass is 10.2. The summed E-state index contributed by atoms with van der Waals surface area (Å²) in [6.45, 7) is 0. The predicted octanol–water partition coefficient (Wildman–Crippen LogP) is 3.77. The lowest BCUT2D eigenvalue weighted by molar-refractivity contribution is -0.113. The van der Waals surface area contributed by atoms with Crippen LogP contribution in [-0.4, -0.2) is 16.3 Å². The predicted molar refractivity (Wildman–Crippen MR) is 83.0 cm³/mol. The van der Waals surface area contributed by atoms with E-state index in [4.69, 9.17) is 0 Å². The van der Waals surface area contributed by atoms with Crippen LogP contribution in [0, 0.1) is 5.82 Å². The summed E-state index contributed by atoms with van der Waals surface area (Å²) >= 11 is 0.778. The van der Waals surface area contributed by atoms with E-state index in [-0.39, 0.29) is 10.7 Å². The Morgan fingerprint density at radius 3 is 2.59 bits per heavy atom. The molecule has 0 atom stereocenters. The normalized spacial score (nSPS) is 16.6. The van der Waals surface area contributed by atoms with Crippen molar-refractivity contribution >= 4 is 34.7 Å². The van der Waals surface area contributed by atoms with Crippen molar-refractivity contribution in [2.24, 2.45) is 0 Å². The number of hydrogen-bond donors (Lipinski definition) is 1. The number of carbonyl (C=O) groups is 2. The maximum absolute atomic E-state index is 13.2. The highest BCUT2D eigenvalue weighted by Crippen LogP contribution is 2.36. The van der Waals surface area contributed by atoms with Crippen LogP contribution in [0.3, 0.4) is 0 Å². The van der Waals surface area contributed by atoms with E-state index in [1.54, 1.807) is 18.2 Å². The minimum absolute atomic E-state index is 0.0364. The van der Waals surface area contributed by atoms with Gasteiger partial charge in [0, 0.05) is 6.07 Å². The zero-order chi connectivity index (χ0) is 15.7. The fourth-order valence-electron chi connectivity index (χ4n) is 2.07. The first-order valence-corrected chi connectivity index (χ1v) is 7.19. The van der Waals surface area contributed by atoms with Crippen LogP contribution in [0.1, 0.15) is 5.56 Å². The van der Waals surface area contributed by atoms with Crippen molar-refractivity contribution in [3.63, 3.8) is 0 Å². The molecular formula is C16H10FNO3S. The number of anilines is 1. The number of aromatic hydroxyl groups is 1. The fraction of sp³-hybridized carbons (Fsp3) is 0. The molecule has 1 aliphatic heterocycles. The van der Waals surface area contributed by atoms with E-state index >= 15 is 0 Å². The molecular weight excluding hydrogens is 305 g/mol. The molecule has 1 N–H and O–H groups in total. The third-order valence-corrected chi connectivity index (χ3v) is 3.90. The van der Waals surface area contributed by atoms with Crippen LogP contribution in [0.15, 0.2) is 53.4 Å². The van der Waals surface area contributed by atoms with Crippen molar-refractivity contribution in [1.82, 2.24) is 0 Å². The molecule has 0 unspecified atom stereocenters. The van der Waals surface area contributed by atoms with Crippen LogP contribution in [0.5, 0.6) is 5.75 Å². The summed E-state index contributed by atoms with van der Waals surface area (Å²) < 4.78 is 13.2. The molecule has 2 aromatic carbocycles. The van der Waals surface area contributed by atoms with Crippen molar-refractivity contribution in [2.75, 3.05) is 4.90 Å². The van der Waals surface area contributed by atoms with Gasteiger partial charge in [-0.2, -0.15) is 0 Å². The van der Waals surface area contributed by atoms with Crippen LogP contribution in [0.2, 0.25) is 0 Å². The van der Waals surface area contributed by atoms with Gasteiger partial charge >= 0.3 is 0 Å². The van der Waals surface area contributed by atoms with Crippen LogP contribution in [0.25, 0.3) is 6.08 Å². The summed E-state index contributed by atoms with van der Waals surface area (Å²) in [6, 6.07) is 11.6. The Kier molecular flexibility index (Phi) is 3.68.